The van der Waals surface area contributed by atoms with Gasteiger partial charge in [0.15, 0.2) is 0 Å². The quantitative estimate of drug-likeness (QED) is 0.784. The van der Waals surface area contributed by atoms with E-state index in [9.17, 15) is 10.0 Å². The minimum atomic E-state index is -0.0413. The molecule has 2 amide bonds. The summed E-state index contributed by atoms with van der Waals surface area (Å²) in [6.07, 6.45) is 0. The van der Waals surface area contributed by atoms with Crippen LogP contribution in [0.2, 0.25) is 0 Å². The van der Waals surface area contributed by atoms with E-state index >= 15 is 0 Å². The zero-order chi connectivity index (χ0) is 15.6. The number of aryl methyl sites for hydroxylation is 2. The van der Waals surface area contributed by atoms with Gasteiger partial charge in [0.1, 0.15) is 18.0 Å². The molecule has 1 aromatic carbocycles. The van der Waals surface area contributed by atoms with Crippen molar-refractivity contribution in [3.8, 4) is 5.75 Å². The Morgan fingerprint density at radius 1 is 1.38 bits per heavy atom. The second-order valence-corrected chi connectivity index (χ2v) is 5.46. The van der Waals surface area contributed by atoms with Crippen molar-refractivity contribution in [2.45, 2.75) is 20.8 Å². The Morgan fingerprint density at radius 3 is 2.67 bits per heavy atom. The molecule has 0 saturated carbocycles. The number of hydrogen-bond acceptors (Lipinski definition) is 3. The van der Waals surface area contributed by atoms with Crippen LogP contribution in [0.4, 0.5) is 10.5 Å². The van der Waals surface area contributed by atoms with Crippen LogP contribution in [0.5, 0.6) is 5.75 Å². The Labute approximate surface area is 125 Å². The lowest BCUT2D eigenvalue weighted by molar-refractivity contribution is -0.752. The molecule has 0 radical (unpaired) electrons. The smallest absolute Gasteiger partial charge is 0.317 e. The SMILES string of the molecule is Cc1cc(C)c([NH+](C)[O-])c(C)c1OCCN1CCNC1=O. The zero-order valence-electron chi connectivity index (χ0n) is 13.1. The first kappa shape index (κ1) is 15.6. The third-order valence-electron chi connectivity index (χ3n) is 3.81. The number of nitrogens with zero attached hydrogens (tertiary/aromatic N) is 1. The van der Waals surface area contributed by atoms with Gasteiger partial charge in [0.05, 0.1) is 19.2 Å². The van der Waals surface area contributed by atoms with Gasteiger partial charge in [0.25, 0.3) is 0 Å². The molecule has 1 aliphatic heterocycles. The van der Waals surface area contributed by atoms with E-state index in [0.29, 0.717) is 26.2 Å². The second kappa shape index (κ2) is 6.32. The fourth-order valence-corrected chi connectivity index (χ4v) is 2.91. The highest BCUT2D eigenvalue weighted by Crippen LogP contribution is 2.30. The molecule has 6 nitrogen and oxygen atoms in total. The number of carbonyl (C=O) groups is 1. The molecular weight excluding hydrogens is 270 g/mol. The molecule has 21 heavy (non-hydrogen) atoms. The Hall–Kier alpha value is -1.79. The van der Waals surface area contributed by atoms with Crippen molar-refractivity contribution in [2.24, 2.45) is 0 Å². The molecule has 1 atom stereocenters. The Bertz CT molecular complexity index is 543. The van der Waals surface area contributed by atoms with Crippen LogP contribution in [-0.4, -0.2) is 44.2 Å². The molecule has 0 spiro atoms. The molecule has 1 unspecified atom stereocenters. The second-order valence-electron chi connectivity index (χ2n) is 5.46. The number of benzene rings is 1. The van der Waals surface area contributed by atoms with E-state index in [1.54, 1.807) is 11.9 Å². The van der Waals surface area contributed by atoms with E-state index in [2.05, 4.69) is 5.32 Å². The van der Waals surface area contributed by atoms with E-state index in [1.807, 2.05) is 26.8 Å². The zero-order valence-corrected chi connectivity index (χ0v) is 13.1. The number of nitrogens with one attached hydrogen (secondary N) is 2. The summed E-state index contributed by atoms with van der Waals surface area (Å²) in [6.45, 7) is 8.21. The van der Waals surface area contributed by atoms with Crippen LogP contribution in [0.25, 0.3) is 0 Å². The minimum absolute atomic E-state index is 0.0413. The molecule has 1 fully saturated rings. The molecular formula is C15H23N3O3. The Morgan fingerprint density at radius 2 is 2.10 bits per heavy atom. The van der Waals surface area contributed by atoms with Crippen LogP contribution in [0.1, 0.15) is 16.7 Å². The highest BCUT2D eigenvalue weighted by Gasteiger charge is 2.20. The molecule has 2 N–H and O–H groups in total. The maximum absolute atomic E-state index is 11.8. The number of amides is 2. The van der Waals surface area contributed by atoms with E-state index in [-0.39, 0.29) is 11.1 Å². The summed E-state index contributed by atoms with van der Waals surface area (Å²) in [5.74, 6) is 0.755. The monoisotopic (exact) mass is 293 g/mol. The van der Waals surface area contributed by atoms with Crippen LogP contribution in [0.3, 0.4) is 0 Å². The van der Waals surface area contributed by atoms with E-state index in [0.717, 1.165) is 28.1 Å². The molecule has 1 heterocycles. The lowest BCUT2D eigenvalue weighted by atomic mass is 10.0. The summed E-state index contributed by atoms with van der Waals surface area (Å²) in [6, 6.07) is 1.93. The topological polar surface area (TPSA) is 69.1 Å². The normalized spacial score (nSPS) is 16.0. The van der Waals surface area contributed by atoms with Crippen LogP contribution >= 0.6 is 0 Å². The van der Waals surface area contributed by atoms with Crippen LogP contribution < -0.4 is 15.1 Å². The van der Waals surface area contributed by atoms with Crippen molar-refractivity contribution in [1.29, 1.82) is 0 Å². The van der Waals surface area contributed by atoms with Gasteiger partial charge in [0, 0.05) is 18.7 Å². The first-order chi connectivity index (χ1) is 9.91. The van der Waals surface area contributed by atoms with E-state index < -0.39 is 0 Å². The summed E-state index contributed by atoms with van der Waals surface area (Å²) < 4.78 is 5.85. The number of rotatable bonds is 5. The van der Waals surface area contributed by atoms with Crippen molar-refractivity contribution in [3.05, 3.63) is 28.0 Å². The first-order valence-corrected chi connectivity index (χ1v) is 7.19. The van der Waals surface area contributed by atoms with Crippen LogP contribution in [0, 0.1) is 26.0 Å². The van der Waals surface area contributed by atoms with Gasteiger partial charge < -0.3 is 25.2 Å². The predicted octanol–water partition coefficient (Wildman–Crippen LogP) is 0.660. The van der Waals surface area contributed by atoms with Gasteiger partial charge in [-0.05, 0) is 32.4 Å². The van der Waals surface area contributed by atoms with Crippen LogP contribution in [0.15, 0.2) is 6.07 Å². The average molecular weight is 293 g/mol. The molecule has 1 aromatic rings. The summed E-state index contributed by atoms with van der Waals surface area (Å²) >= 11 is 0. The van der Waals surface area contributed by atoms with Gasteiger partial charge in [-0.15, -0.1) is 0 Å². The van der Waals surface area contributed by atoms with Crippen molar-refractivity contribution in [2.75, 3.05) is 33.3 Å². The molecule has 0 aliphatic carbocycles. The molecule has 1 aliphatic rings. The van der Waals surface area contributed by atoms with Crippen molar-refractivity contribution < 1.29 is 14.6 Å². The highest BCUT2D eigenvalue weighted by molar-refractivity contribution is 5.76. The third kappa shape index (κ3) is 3.28. The summed E-state index contributed by atoms with van der Waals surface area (Å²) in [5.41, 5.74) is 3.60. The standard InChI is InChI=1S/C15H23N3O3/c1-10-9-11(2)14(12(3)13(10)17(4)20)21-8-7-18-6-5-16-15(18)19/h9,17H,5-8H2,1-4H3,(H,16,19). The van der Waals surface area contributed by atoms with Gasteiger partial charge in [-0.1, -0.05) is 0 Å². The van der Waals surface area contributed by atoms with Gasteiger partial charge in [-0.2, -0.15) is 0 Å². The van der Waals surface area contributed by atoms with E-state index in [4.69, 9.17) is 4.74 Å². The predicted molar refractivity (Wildman–Crippen MR) is 81.0 cm³/mol. The maximum atomic E-state index is 11.8. The lowest BCUT2D eigenvalue weighted by Crippen LogP contribution is -2.98. The Balaban J connectivity index is 2.09. The number of ether oxygens (including phenoxy) is 1. The number of carbonyl (C=O) groups excluding carboxylic acids is 1. The Kier molecular flexibility index (Phi) is 4.69. The van der Waals surface area contributed by atoms with Crippen molar-refractivity contribution in [1.82, 2.24) is 10.2 Å². The maximum Gasteiger partial charge on any atom is 0.317 e. The number of urea groups is 1. The molecule has 2 rings (SSSR count). The molecule has 0 bridgehead atoms. The molecule has 0 aromatic heterocycles. The largest absolute Gasteiger partial charge is 0.629 e. The van der Waals surface area contributed by atoms with Gasteiger partial charge >= 0.3 is 6.03 Å². The van der Waals surface area contributed by atoms with Gasteiger partial charge in [0.2, 0.25) is 0 Å². The van der Waals surface area contributed by atoms with Gasteiger partial charge in [-0.25, -0.2) is 4.79 Å². The molecule has 116 valence electrons. The number of quaternary nitrogens is 1. The minimum Gasteiger partial charge on any atom is -0.629 e. The lowest BCUT2D eigenvalue weighted by Gasteiger charge is -2.23. The summed E-state index contributed by atoms with van der Waals surface area (Å²) in [5, 5.41) is 14.6. The van der Waals surface area contributed by atoms with E-state index in [1.165, 1.54) is 0 Å². The fourth-order valence-electron chi connectivity index (χ4n) is 2.91. The average Bonchev–Trinajstić information content (AvgIpc) is 2.78. The highest BCUT2D eigenvalue weighted by atomic mass is 16.5. The molecule has 1 saturated heterocycles. The number of hydrogen-bond donors (Lipinski definition) is 2. The van der Waals surface area contributed by atoms with Crippen molar-refractivity contribution >= 4 is 11.7 Å². The summed E-state index contributed by atoms with van der Waals surface area (Å²) in [7, 11) is 1.57. The van der Waals surface area contributed by atoms with Crippen LogP contribution in [-0.2, 0) is 0 Å². The summed E-state index contributed by atoms with van der Waals surface area (Å²) in [4.78, 5) is 13.2. The third-order valence-corrected chi connectivity index (χ3v) is 3.81. The molecule has 6 heteroatoms. The number of hydroxylamine groups is 1. The van der Waals surface area contributed by atoms with Crippen molar-refractivity contribution in [3.63, 3.8) is 0 Å². The fraction of sp³-hybridized carbons (Fsp3) is 0.533. The first-order valence-electron chi connectivity index (χ1n) is 7.19. The van der Waals surface area contributed by atoms with Gasteiger partial charge in [-0.3, -0.25) is 0 Å².